The van der Waals surface area contributed by atoms with Crippen molar-refractivity contribution in [2.24, 2.45) is 0 Å². The molecule has 1 aliphatic heterocycles. The number of rotatable bonds is 9. The molecule has 4 N–H and O–H groups in total. The maximum absolute atomic E-state index is 13.0. The zero-order chi connectivity index (χ0) is 32.8. The molecule has 1 saturated heterocycles. The van der Waals surface area contributed by atoms with Crippen molar-refractivity contribution in [2.75, 3.05) is 31.6 Å². The van der Waals surface area contributed by atoms with Crippen LogP contribution in [0.2, 0.25) is 4.34 Å². The number of nitrogens with zero attached hydrogens (tertiary/aromatic N) is 2. The molecule has 2 aromatic carbocycles. The lowest BCUT2D eigenvalue weighted by Gasteiger charge is -2.22. The van der Waals surface area contributed by atoms with E-state index in [0.717, 1.165) is 22.5 Å². The SMILES string of the molecule is COc1cccc2c1c(NS(=O)(=O)c1ccc(Cl)s1)nn2Cc1cccc(CNC(=O)C2COCCN2)c1.O=C(O)C(F)(F)F. The van der Waals surface area contributed by atoms with Gasteiger partial charge in [-0.2, -0.15) is 18.3 Å². The van der Waals surface area contributed by atoms with Gasteiger partial charge in [-0.1, -0.05) is 41.9 Å². The smallest absolute Gasteiger partial charge is 0.490 e. The second-order valence-corrected chi connectivity index (χ2v) is 13.1. The van der Waals surface area contributed by atoms with Crippen LogP contribution in [0.3, 0.4) is 0 Å². The van der Waals surface area contributed by atoms with Gasteiger partial charge < -0.3 is 25.2 Å². The van der Waals surface area contributed by atoms with Gasteiger partial charge in [-0.25, -0.2) is 13.2 Å². The maximum atomic E-state index is 13.0. The number of carbonyl (C=O) groups is 2. The number of hydrogen-bond donors (Lipinski definition) is 4. The Hall–Kier alpha value is -3.90. The first-order valence-electron chi connectivity index (χ1n) is 13.1. The zero-order valence-electron chi connectivity index (χ0n) is 23.4. The predicted molar refractivity (Wildman–Crippen MR) is 160 cm³/mol. The molecule has 45 heavy (non-hydrogen) atoms. The summed E-state index contributed by atoms with van der Waals surface area (Å²) in [5.41, 5.74) is 2.56. The largest absolute Gasteiger partial charge is 0.496 e. The van der Waals surface area contributed by atoms with Gasteiger partial charge in [0, 0.05) is 13.1 Å². The fraction of sp³-hybridized carbons (Fsp3) is 0.296. The minimum atomic E-state index is -5.08. The Kier molecular flexibility index (Phi) is 10.9. The molecule has 0 saturated carbocycles. The number of thiophene rings is 1. The average molecular weight is 690 g/mol. The van der Waals surface area contributed by atoms with Gasteiger partial charge in [0.2, 0.25) is 5.91 Å². The van der Waals surface area contributed by atoms with Gasteiger partial charge in [0.05, 0.1) is 42.1 Å². The highest BCUT2D eigenvalue weighted by molar-refractivity contribution is 7.94. The van der Waals surface area contributed by atoms with E-state index in [2.05, 4.69) is 20.5 Å². The van der Waals surface area contributed by atoms with Crippen LogP contribution < -0.4 is 20.1 Å². The van der Waals surface area contributed by atoms with Crippen molar-refractivity contribution in [3.63, 3.8) is 0 Å². The van der Waals surface area contributed by atoms with Gasteiger partial charge in [-0.15, -0.1) is 11.3 Å². The number of hydrogen-bond acceptors (Lipinski definition) is 9. The first-order chi connectivity index (χ1) is 21.3. The van der Waals surface area contributed by atoms with Gasteiger partial charge in [-0.05, 0) is 35.4 Å². The van der Waals surface area contributed by atoms with Gasteiger partial charge in [-0.3, -0.25) is 14.2 Å². The molecule has 0 radical (unpaired) electrons. The molecule has 1 aliphatic rings. The van der Waals surface area contributed by atoms with Crippen LogP contribution in [-0.2, 0) is 37.4 Å². The molecule has 4 aromatic rings. The van der Waals surface area contributed by atoms with Crippen LogP contribution in [0.25, 0.3) is 10.9 Å². The minimum Gasteiger partial charge on any atom is -0.496 e. The zero-order valence-corrected chi connectivity index (χ0v) is 25.8. The number of ether oxygens (including phenoxy) is 2. The summed E-state index contributed by atoms with van der Waals surface area (Å²) in [6.07, 6.45) is -5.08. The van der Waals surface area contributed by atoms with Gasteiger partial charge in [0.25, 0.3) is 10.0 Å². The normalized spacial score (nSPS) is 15.2. The number of aliphatic carboxylic acids is 1. The lowest BCUT2D eigenvalue weighted by atomic mass is 10.1. The van der Waals surface area contributed by atoms with E-state index in [4.69, 9.17) is 31.0 Å². The Morgan fingerprint density at radius 2 is 1.91 bits per heavy atom. The number of methoxy groups -OCH3 is 1. The summed E-state index contributed by atoms with van der Waals surface area (Å²) in [5, 5.41) is 18.4. The van der Waals surface area contributed by atoms with Crippen LogP contribution in [0.5, 0.6) is 5.75 Å². The number of sulfonamides is 1. The van der Waals surface area contributed by atoms with Crippen molar-refractivity contribution in [1.29, 1.82) is 0 Å². The van der Waals surface area contributed by atoms with E-state index in [0.29, 0.717) is 53.8 Å². The van der Waals surface area contributed by atoms with E-state index in [1.165, 1.54) is 19.2 Å². The number of carbonyl (C=O) groups excluding carboxylic acids is 1. The third kappa shape index (κ3) is 8.85. The number of benzene rings is 2. The Morgan fingerprint density at radius 3 is 2.53 bits per heavy atom. The molecule has 1 fully saturated rings. The molecule has 0 bridgehead atoms. The molecule has 3 heterocycles. The topological polar surface area (TPSA) is 161 Å². The highest BCUT2D eigenvalue weighted by atomic mass is 35.5. The molecular formula is C27H27ClF3N5O7S2. The van der Waals surface area contributed by atoms with Crippen molar-refractivity contribution in [2.45, 2.75) is 29.5 Å². The lowest BCUT2D eigenvalue weighted by molar-refractivity contribution is -0.192. The second kappa shape index (κ2) is 14.5. The summed E-state index contributed by atoms with van der Waals surface area (Å²) in [4.78, 5) is 21.3. The number of alkyl halides is 3. The lowest BCUT2D eigenvalue weighted by Crippen LogP contribution is -2.51. The highest BCUT2D eigenvalue weighted by Crippen LogP contribution is 2.35. The van der Waals surface area contributed by atoms with Crippen molar-refractivity contribution in [3.8, 4) is 5.75 Å². The highest BCUT2D eigenvalue weighted by Gasteiger charge is 2.38. The Labute approximate surface area is 264 Å². The first-order valence-corrected chi connectivity index (χ1v) is 15.7. The van der Waals surface area contributed by atoms with Crippen LogP contribution in [0.15, 0.2) is 58.8 Å². The van der Waals surface area contributed by atoms with Crippen LogP contribution in [0.4, 0.5) is 19.0 Å². The van der Waals surface area contributed by atoms with Crippen LogP contribution in [0.1, 0.15) is 11.1 Å². The first kappa shape index (κ1) is 34.0. The molecule has 0 aliphatic carbocycles. The van der Waals surface area contributed by atoms with Crippen LogP contribution >= 0.6 is 22.9 Å². The summed E-state index contributed by atoms with van der Waals surface area (Å²) in [6, 6.07) is 15.8. The maximum Gasteiger partial charge on any atom is 0.490 e. The van der Waals surface area contributed by atoms with Crippen molar-refractivity contribution >= 4 is 61.6 Å². The van der Waals surface area contributed by atoms with Gasteiger partial charge >= 0.3 is 12.1 Å². The number of carboxylic acid groups (broad SMARTS) is 1. The van der Waals surface area contributed by atoms with Crippen molar-refractivity contribution in [1.82, 2.24) is 20.4 Å². The molecule has 2 aromatic heterocycles. The fourth-order valence-corrected chi connectivity index (χ4v) is 6.73. The van der Waals surface area contributed by atoms with Crippen molar-refractivity contribution < 1.29 is 45.8 Å². The monoisotopic (exact) mass is 689 g/mol. The van der Waals surface area contributed by atoms with Crippen LogP contribution in [0, 0.1) is 0 Å². The van der Waals surface area contributed by atoms with E-state index in [1.54, 1.807) is 10.7 Å². The number of fused-ring (bicyclic) bond motifs is 1. The van der Waals surface area contributed by atoms with E-state index < -0.39 is 22.2 Å². The summed E-state index contributed by atoms with van der Waals surface area (Å²) < 4.78 is 73.4. The second-order valence-electron chi connectivity index (χ2n) is 9.45. The molecule has 18 heteroatoms. The van der Waals surface area contributed by atoms with Crippen LogP contribution in [-0.4, -0.2) is 74.3 Å². The molecule has 1 amide bonds. The number of aromatic nitrogens is 2. The minimum absolute atomic E-state index is 0.0878. The third-order valence-electron chi connectivity index (χ3n) is 6.28. The molecule has 12 nitrogen and oxygen atoms in total. The Morgan fingerprint density at radius 1 is 1.20 bits per heavy atom. The summed E-state index contributed by atoms with van der Waals surface area (Å²) >= 11 is 6.92. The quantitative estimate of drug-likeness (QED) is 0.205. The summed E-state index contributed by atoms with van der Waals surface area (Å²) in [6.45, 7) is 2.34. The molecular weight excluding hydrogens is 663 g/mol. The molecule has 242 valence electrons. The molecule has 5 rings (SSSR count). The van der Waals surface area contributed by atoms with E-state index in [-0.39, 0.29) is 22.0 Å². The van der Waals surface area contributed by atoms with Gasteiger partial charge in [0.15, 0.2) is 5.82 Å². The Bertz CT molecular complexity index is 1770. The predicted octanol–water partition coefficient (Wildman–Crippen LogP) is 3.85. The number of anilines is 1. The van der Waals surface area contributed by atoms with E-state index in [9.17, 15) is 26.4 Å². The number of halogens is 4. The van der Waals surface area contributed by atoms with Gasteiger partial charge in [0.1, 0.15) is 16.0 Å². The Balaban J connectivity index is 0.000000591. The average Bonchev–Trinajstić information content (AvgIpc) is 3.60. The standard InChI is InChI=1S/C25H26ClN5O5S2.C2HF3O2/c1-35-20-7-3-6-19-23(20)24(30-38(33,34)22-9-8-21(26)37-22)29-31(19)14-17-5-2-4-16(12-17)13-28-25(32)18-15-36-11-10-27-18;3-2(4,5)1(6)7/h2-9,12,18,27H,10-11,13-15H2,1H3,(H,28,32)(H,29,30);(H,6,7). The molecule has 0 spiro atoms. The van der Waals surface area contributed by atoms with E-state index in [1.807, 2.05) is 36.4 Å². The van der Waals surface area contributed by atoms with Crippen molar-refractivity contribution in [3.05, 3.63) is 70.1 Å². The number of carboxylic acids is 1. The van der Waals surface area contributed by atoms with E-state index >= 15 is 0 Å². The molecule has 1 unspecified atom stereocenters. The summed E-state index contributed by atoms with van der Waals surface area (Å²) in [5.74, 6) is -2.21. The third-order valence-corrected chi connectivity index (χ3v) is 9.34. The number of amides is 1. The fourth-order valence-electron chi connectivity index (χ4n) is 4.24. The number of morpholine rings is 1. The molecule has 1 atom stereocenters. The summed E-state index contributed by atoms with van der Waals surface area (Å²) in [7, 11) is -2.38. The number of nitrogens with one attached hydrogen (secondary N) is 3.